The average molecular weight is 347 g/mol. The molecule has 1 aromatic rings. The number of rotatable bonds is 10. The van der Waals surface area contributed by atoms with Crippen LogP contribution in [0.5, 0.6) is 0 Å². The molecule has 0 bridgehead atoms. The second kappa shape index (κ2) is 10.4. The van der Waals surface area contributed by atoms with Gasteiger partial charge in [-0.25, -0.2) is 0 Å². The van der Waals surface area contributed by atoms with Gasteiger partial charge in [-0.05, 0) is 38.3 Å². The molecule has 140 valence electrons. The van der Waals surface area contributed by atoms with Gasteiger partial charge in [-0.3, -0.25) is 9.89 Å². The molecular weight excluding hydrogens is 312 g/mol. The van der Waals surface area contributed by atoms with Gasteiger partial charge in [0.05, 0.1) is 6.61 Å². The Kier molecular flexibility index (Phi) is 8.22. The van der Waals surface area contributed by atoms with Gasteiger partial charge in [0.25, 0.3) is 0 Å². The molecular formula is C20H34N4O. The van der Waals surface area contributed by atoms with E-state index in [9.17, 15) is 0 Å². The molecule has 0 amide bonds. The fourth-order valence-electron chi connectivity index (χ4n) is 2.65. The standard InChI is InChI=1S/C20H34N4O/c1-17(24(4)15-18-8-6-5-7-9-18)14-22-20(21-2)23(3)12-13-25-16-19-10-11-19/h5-9,17,19H,10-16H2,1-4H3,(H,21,22). The third-order valence-electron chi connectivity index (χ3n) is 4.78. The molecule has 0 aromatic heterocycles. The minimum atomic E-state index is 0.413. The van der Waals surface area contributed by atoms with Crippen molar-refractivity contribution in [3.63, 3.8) is 0 Å². The summed E-state index contributed by atoms with van der Waals surface area (Å²) in [5, 5.41) is 3.48. The van der Waals surface area contributed by atoms with E-state index in [2.05, 4.69) is 71.5 Å². The van der Waals surface area contributed by atoms with Crippen molar-refractivity contribution in [1.82, 2.24) is 15.1 Å². The third-order valence-corrected chi connectivity index (χ3v) is 4.78. The summed E-state index contributed by atoms with van der Waals surface area (Å²) in [7, 11) is 6.06. The molecule has 25 heavy (non-hydrogen) atoms. The van der Waals surface area contributed by atoms with E-state index in [4.69, 9.17) is 4.74 Å². The Bertz CT molecular complexity index is 516. The molecule has 5 heteroatoms. The van der Waals surface area contributed by atoms with Gasteiger partial charge in [0.15, 0.2) is 5.96 Å². The number of hydrogen-bond donors (Lipinski definition) is 1. The second-order valence-electron chi connectivity index (χ2n) is 7.12. The van der Waals surface area contributed by atoms with E-state index in [0.717, 1.165) is 44.7 Å². The fraction of sp³-hybridized carbons (Fsp3) is 0.650. The van der Waals surface area contributed by atoms with Gasteiger partial charge in [0.1, 0.15) is 0 Å². The molecule has 1 atom stereocenters. The second-order valence-corrected chi connectivity index (χ2v) is 7.12. The maximum absolute atomic E-state index is 5.72. The highest BCUT2D eigenvalue weighted by atomic mass is 16.5. The lowest BCUT2D eigenvalue weighted by atomic mass is 10.2. The van der Waals surface area contributed by atoms with Crippen molar-refractivity contribution in [3.8, 4) is 0 Å². The van der Waals surface area contributed by atoms with Crippen LogP contribution in [-0.2, 0) is 11.3 Å². The lowest BCUT2D eigenvalue weighted by Gasteiger charge is -2.28. The lowest BCUT2D eigenvalue weighted by molar-refractivity contribution is 0.115. The number of hydrogen-bond acceptors (Lipinski definition) is 3. The van der Waals surface area contributed by atoms with Crippen LogP contribution in [0, 0.1) is 5.92 Å². The first kappa shape index (κ1) is 19.7. The summed E-state index contributed by atoms with van der Waals surface area (Å²) in [5.74, 6) is 1.75. The van der Waals surface area contributed by atoms with E-state index in [1.165, 1.54) is 18.4 Å². The molecule has 0 radical (unpaired) electrons. The van der Waals surface area contributed by atoms with E-state index in [1.54, 1.807) is 0 Å². The molecule has 0 saturated heterocycles. The first-order valence-corrected chi connectivity index (χ1v) is 9.33. The van der Waals surface area contributed by atoms with Crippen LogP contribution in [0.3, 0.4) is 0 Å². The zero-order valence-electron chi connectivity index (χ0n) is 16.2. The Morgan fingerprint density at radius 3 is 2.64 bits per heavy atom. The summed E-state index contributed by atoms with van der Waals surface area (Å²) in [4.78, 5) is 8.88. The number of nitrogens with one attached hydrogen (secondary N) is 1. The van der Waals surface area contributed by atoms with Crippen LogP contribution in [-0.4, -0.2) is 69.2 Å². The van der Waals surface area contributed by atoms with Crippen molar-refractivity contribution >= 4 is 5.96 Å². The van der Waals surface area contributed by atoms with E-state index in [1.807, 2.05) is 7.05 Å². The summed E-state index contributed by atoms with van der Waals surface area (Å²) in [6.45, 7) is 6.59. The predicted octanol–water partition coefficient (Wildman–Crippen LogP) is 2.44. The maximum Gasteiger partial charge on any atom is 0.193 e. The summed E-state index contributed by atoms with van der Waals surface area (Å²) in [6.07, 6.45) is 2.68. The lowest BCUT2D eigenvalue weighted by Crippen LogP contribution is -2.46. The zero-order valence-corrected chi connectivity index (χ0v) is 16.2. The van der Waals surface area contributed by atoms with Crippen LogP contribution in [0.25, 0.3) is 0 Å². The Morgan fingerprint density at radius 1 is 1.28 bits per heavy atom. The molecule has 1 aliphatic rings. The average Bonchev–Trinajstić information content (AvgIpc) is 3.44. The molecule has 1 saturated carbocycles. The topological polar surface area (TPSA) is 40.1 Å². The van der Waals surface area contributed by atoms with Gasteiger partial charge in [-0.1, -0.05) is 30.3 Å². The van der Waals surface area contributed by atoms with Crippen LogP contribution in [0.1, 0.15) is 25.3 Å². The van der Waals surface area contributed by atoms with Crippen LogP contribution in [0.2, 0.25) is 0 Å². The van der Waals surface area contributed by atoms with Crippen LogP contribution in [0.4, 0.5) is 0 Å². The molecule has 0 aliphatic heterocycles. The number of benzene rings is 1. The number of ether oxygens (including phenoxy) is 1. The smallest absolute Gasteiger partial charge is 0.193 e. The molecule has 2 rings (SSSR count). The summed E-state index contributed by atoms with van der Waals surface area (Å²) >= 11 is 0. The van der Waals surface area contributed by atoms with Gasteiger partial charge in [-0.15, -0.1) is 0 Å². The van der Waals surface area contributed by atoms with Gasteiger partial charge >= 0.3 is 0 Å². The minimum Gasteiger partial charge on any atom is -0.379 e. The van der Waals surface area contributed by atoms with E-state index in [-0.39, 0.29) is 0 Å². The van der Waals surface area contributed by atoms with Crippen LogP contribution in [0.15, 0.2) is 35.3 Å². The van der Waals surface area contributed by atoms with Crippen molar-refractivity contribution in [3.05, 3.63) is 35.9 Å². The number of guanidine groups is 1. The molecule has 5 nitrogen and oxygen atoms in total. The van der Waals surface area contributed by atoms with E-state index in [0.29, 0.717) is 6.04 Å². The largest absolute Gasteiger partial charge is 0.379 e. The van der Waals surface area contributed by atoms with Crippen molar-refractivity contribution in [2.24, 2.45) is 10.9 Å². The van der Waals surface area contributed by atoms with Crippen molar-refractivity contribution < 1.29 is 4.74 Å². The molecule has 0 heterocycles. The molecule has 0 spiro atoms. The van der Waals surface area contributed by atoms with Crippen molar-refractivity contribution in [2.45, 2.75) is 32.4 Å². The van der Waals surface area contributed by atoms with Crippen LogP contribution < -0.4 is 5.32 Å². The Morgan fingerprint density at radius 2 is 2.00 bits per heavy atom. The minimum absolute atomic E-state index is 0.413. The number of likely N-dealkylation sites (N-methyl/N-ethyl adjacent to an activating group) is 2. The Balaban J connectivity index is 1.67. The molecule has 1 fully saturated rings. The monoisotopic (exact) mass is 346 g/mol. The summed E-state index contributed by atoms with van der Waals surface area (Å²) in [5.41, 5.74) is 1.34. The van der Waals surface area contributed by atoms with Gasteiger partial charge in [0, 0.05) is 46.4 Å². The SMILES string of the molecule is CN=C(NCC(C)N(C)Cc1ccccc1)N(C)CCOCC1CC1. The Hall–Kier alpha value is -1.59. The fourth-order valence-corrected chi connectivity index (χ4v) is 2.65. The summed E-state index contributed by atoms with van der Waals surface area (Å²) < 4.78 is 5.72. The van der Waals surface area contributed by atoms with Crippen molar-refractivity contribution in [2.75, 3.05) is 47.4 Å². The van der Waals surface area contributed by atoms with Gasteiger partial charge < -0.3 is 15.0 Å². The first-order valence-electron chi connectivity index (χ1n) is 9.33. The van der Waals surface area contributed by atoms with Gasteiger partial charge in [0.2, 0.25) is 0 Å². The number of aliphatic imine (C=N–C) groups is 1. The van der Waals surface area contributed by atoms with Crippen molar-refractivity contribution in [1.29, 1.82) is 0 Å². The van der Waals surface area contributed by atoms with E-state index >= 15 is 0 Å². The van der Waals surface area contributed by atoms with Crippen LogP contribution >= 0.6 is 0 Å². The normalized spacial score (nSPS) is 16.1. The highest BCUT2D eigenvalue weighted by molar-refractivity contribution is 5.79. The summed E-state index contributed by atoms with van der Waals surface area (Å²) in [6, 6.07) is 11.0. The maximum atomic E-state index is 5.72. The highest BCUT2D eigenvalue weighted by Crippen LogP contribution is 2.28. The zero-order chi connectivity index (χ0) is 18.1. The van der Waals surface area contributed by atoms with Gasteiger partial charge in [-0.2, -0.15) is 0 Å². The molecule has 1 aromatic carbocycles. The van der Waals surface area contributed by atoms with E-state index < -0.39 is 0 Å². The highest BCUT2D eigenvalue weighted by Gasteiger charge is 2.21. The number of nitrogens with zero attached hydrogens (tertiary/aromatic N) is 3. The molecule has 1 unspecified atom stereocenters. The molecule has 1 N–H and O–H groups in total. The Labute approximate surface area is 153 Å². The third kappa shape index (κ3) is 7.45. The predicted molar refractivity (Wildman–Crippen MR) is 105 cm³/mol. The first-order chi connectivity index (χ1) is 12.1. The quantitative estimate of drug-likeness (QED) is 0.401. The molecule has 1 aliphatic carbocycles.